The zero-order valence-corrected chi connectivity index (χ0v) is 16.3. The summed E-state index contributed by atoms with van der Waals surface area (Å²) in [5.41, 5.74) is 2.24. The summed E-state index contributed by atoms with van der Waals surface area (Å²) in [4.78, 5) is 9.78. The van der Waals surface area contributed by atoms with Gasteiger partial charge in [0.25, 0.3) is 0 Å². The van der Waals surface area contributed by atoms with Crippen LogP contribution in [0.25, 0.3) is 11.1 Å². The molecule has 0 saturated carbocycles. The van der Waals surface area contributed by atoms with Gasteiger partial charge in [-0.1, -0.05) is 49.3 Å². The molecule has 0 aliphatic rings. The molecule has 3 rings (SSSR count). The number of halogens is 2. The van der Waals surface area contributed by atoms with Crippen LogP contribution in [0.5, 0.6) is 0 Å². The van der Waals surface area contributed by atoms with Crippen LogP contribution in [0.4, 0.5) is 13.9 Å². The molecule has 0 aliphatic carbocycles. The van der Waals surface area contributed by atoms with Gasteiger partial charge >= 0.3 is 0 Å². The molecule has 0 saturated heterocycles. The minimum absolute atomic E-state index is 0.294. The Balaban J connectivity index is 1.72. The first kappa shape index (κ1) is 19.4. The molecule has 5 heteroatoms. The monoisotopic (exact) mass is 384 g/mol. The zero-order chi connectivity index (χ0) is 19.2. The van der Waals surface area contributed by atoms with Crippen molar-refractivity contribution in [2.24, 2.45) is 4.99 Å². The standard InChI is InChI=1S/C22H22F2N2S/c1-3-4-5-6-19-14-26-22(27-19)25-13-18-10-9-17(12-21(18)24)16-8-7-15(2)20(23)11-16/h7-14H,3-6H2,1-2H3. The molecule has 3 aromatic rings. The molecule has 0 unspecified atom stereocenters. The van der Waals surface area contributed by atoms with Crippen molar-refractivity contribution in [2.45, 2.75) is 39.5 Å². The third-order valence-electron chi connectivity index (χ3n) is 4.39. The molecule has 0 N–H and O–H groups in total. The first-order chi connectivity index (χ1) is 13.1. The van der Waals surface area contributed by atoms with Crippen LogP contribution in [-0.4, -0.2) is 11.2 Å². The van der Waals surface area contributed by atoms with Gasteiger partial charge in [0.2, 0.25) is 5.13 Å². The summed E-state index contributed by atoms with van der Waals surface area (Å²) in [6.07, 6.45) is 7.89. The van der Waals surface area contributed by atoms with Crippen molar-refractivity contribution < 1.29 is 8.78 Å². The Morgan fingerprint density at radius 2 is 1.78 bits per heavy atom. The Morgan fingerprint density at radius 1 is 1.04 bits per heavy atom. The van der Waals surface area contributed by atoms with Crippen LogP contribution in [0.15, 0.2) is 47.6 Å². The van der Waals surface area contributed by atoms with E-state index in [0.29, 0.717) is 27.4 Å². The predicted molar refractivity (Wildman–Crippen MR) is 109 cm³/mol. The lowest BCUT2D eigenvalue weighted by Gasteiger charge is -2.05. The summed E-state index contributed by atoms with van der Waals surface area (Å²) in [5, 5.41) is 0.630. The van der Waals surface area contributed by atoms with Crippen molar-refractivity contribution in [1.82, 2.24) is 4.98 Å². The van der Waals surface area contributed by atoms with E-state index >= 15 is 0 Å². The van der Waals surface area contributed by atoms with Crippen LogP contribution < -0.4 is 0 Å². The van der Waals surface area contributed by atoms with Crippen molar-refractivity contribution in [3.63, 3.8) is 0 Å². The molecule has 0 fully saturated rings. The van der Waals surface area contributed by atoms with E-state index in [9.17, 15) is 8.78 Å². The molecule has 1 heterocycles. The van der Waals surface area contributed by atoms with E-state index in [1.54, 1.807) is 31.2 Å². The number of unbranched alkanes of at least 4 members (excludes halogenated alkanes) is 2. The lowest BCUT2D eigenvalue weighted by atomic mass is 10.0. The second kappa shape index (κ2) is 9.00. The van der Waals surface area contributed by atoms with Crippen molar-refractivity contribution >= 4 is 22.7 Å². The highest BCUT2D eigenvalue weighted by molar-refractivity contribution is 7.15. The summed E-state index contributed by atoms with van der Waals surface area (Å²) in [7, 11) is 0. The molecule has 0 atom stereocenters. The van der Waals surface area contributed by atoms with E-state index in [0.717, 1.165) is 12.8 Å². The highest BCUT2D eigenvalue weighted by Gasteiger charge is 2.07. The van der Waals surface area contributed by atoms with E-state index in [-0.39, 0.29) is 5.82 Å². The summed E-state index contributed by atoms with van der Waals surface area (Å²) in [6.45, 7) is 3.88. The second-order valence-electron chi connectivity index (χ2n) is 6.52. The van der Waals surface area contributed by atoms with Crippen LogP contribution in [-0.2, 0) is 6.42 Å². The van der Waals surface area contributed by atoms with Gasteiger partial charge in [0.1, 0.15) is 11.6 Å². The first-order valence-electron chi connectivity index (χ1n) is 9.11. The van der Waals surface area contributed by atoms with Crippen LogP contribution in [0.2, 0.25) is 0 Å². The molecule has 0 amide bonds. The highest BCUT2D eigenvalue weighted by atomic mass is 32.1. The van der Waals surface area contributed by atoms with Crippen LogP contribution in [0.3, 0.4) is 0 Å². The average molecular weight is 384 g/mol. The third-order valence-corrected chi connectivity index (χ3v) is 5.35. The number of aryl methyl sites for hydroxylation is 2. The quantitative estimate of drug-likeness (QED) is 0.322. The lowest BCUT2D eigenvalue weighted by molar-refractivity contribution is 0.618. The van der Waals surface area contributed by atoms with Gasteiger partial charge in [-0.25, -0.2) is 18.8 Å². The molecule has 1 aromatic heterocycles. The molecule has 2 nitrogen and oxygen atoms in total. The maximum Gasteiger partial charge on any atom is 0.209 e. The fraction of sp³-hybridized carbons (Fsp3) is 0.273. The van der Waals surface area contributed by atoms with Crippen LogP contribution in [0, 0.1) is 18.6 Å². The molecule has 0 spiro atoms. The highest BCUT2D eigenvalue weighted by Crippen LogP contribution is 2.25. The third kappa shape index (κ3) is 5.07. The average Bonchev–Trinajstić information content (AvgIpc) is 3.11. The van der Waals surface area contributed by atoms with E-state index < -0.39 is 5.82 Å². The number of aliphatic imine (C=N–C) groups is 1. The largest absolute Gasteiger partial charge is 0.227 e. The fourth-order valence-electron chi connectivity index (χ4n) is 2.73. The maximum atomic E-state index is 14.4. The van der Waals surface area contributed by atoms with Gasteiger partial charge < -0.3 is 0 Å². The lowest BCUT2D eigenvalue weighted by Crippen LogP contribution is -1.90. The van der Waals surface area contributed by atoms with Gasteiger partial charge in [0, 0.05) is 22.9 Å². The van der Waals surface area contributed by atoms with E-state index in [1.165, 1.54) is 47.4 Å². The second-order valence-corrected chi connectivity index (χ2v) is 7.62. The first-order valence-corrected chi connectivity index (χ1v) is 9.93. The summed E-state index contributed by atoms with van der Waals surface area (Å²) >= 11 is 1.54. The van der Waals surface area contributed by atoms with Gasteiger partial charge in [0.15, 0.2) is 0 Å². The van der Waals surface area contributed by atoms with Crippen LogP contribution >= 0.6 is 11.3 Å². The Kier molecular flexibility index (Phi) is 6.45. The SMILES string of the molecule is CCCCCc1cnc(N=Cc2ccc(-c3ccc(C)c(F)c3)cc2F)s1. The topological polar surface area (TPSA) is 25.2 Å². The smallest absolute Gasteiger partial charge is 0.209 e. The van der Waals surface area contributed by atoms with E-state index in [4.69, 9.17) is 0 Å². The molecule has 0 radical (unpaired) electrons. The number of hydrogen-bond acceptors (Lipinski definition) is 3. The van der Waals surface area contributed by atoms with Gasteiger partial charge in [-0.2, -0.15) is 0 Å². The van der Waals surface area contributed by atoms with Crippen molar-refractivity contribution in [1.29, 1.82) is 0 Å². The number of benzene rings is 2. The number of thiazole rings is 1. The Morgan fingerprint density at radius 3 is 2.48 bits per heavy atom. The Bertz CT molecular complexity index is 947. The molecule has 2 aromatic carbocycles. The number of nitrogens with zero attached hydrogens (tertiary/aromatic N) is 2. The number of hydrogen-bond donors (Lipinski definition) is 0. The predicted octanol–water partition coefficient (Wildman–Crippen LogP) is 6.88. The molecule has 140 valence electrons. The minimum atomic E-state index is -0.392. The minimum Gasteiger partial charge on any atom is -0.227 e. The maximum absolute atomic E-state index is 14.4. The Labute approximate surface area is 162 Å². The molecule has 0 bridgehead atoms. The van der Waals surface area contributed by atoms with E-state index in [1.807, 2.05) is 6.20 Å². The van der Waals surface area contributed by atoms with Crippen molar-refractivity contribution in [3.05, 3.63) is 70.2 Å². The number of aromatic nitrogens is 1. The number of rotatable bonds is 7. The van der Waals surface area contributed by atoms with Gasteiger partial charge in [-0.05, 0) is 54.7 Å². The van der Waals surface area contributed by atoms with Crippen LogP contribution in [0.1, 0.15) is 42.2 Å². The van der Waals surface area contributed by atoms with E-state index in [2.05, 4.69) is 16.9 Å². The van der Waals surface area contributed by atoms with Gasteiger partial charge in [-0.3, -0.25) is 0 Å². The normalized spacial score (nSPS) is 11.4. The van der Waals surface area contributed by atoms with Gasteiger partial charge in [-0.15, -0.1) is 0 Å². The van der Waals surface area contributed by atoms with Crippen molar-refractivity contribution in [3.8, 4) is 11.1 Å². The fourth-order valence-corrected chi connectivity index (χ4v) is 3.53. The van der Waals surface area contributed by atoms with Crippen molar-refractivity contribution in [2.75, 3.05) is 0 Å². The van der Waals surface area contributed by atoms with Gasteiger partial charge in [0.05, 0.1) is 0 Å². The summed E-state index contributed by atoms with van der Waals surface area (Å²) in [6, 6.07) is 9.74. The molecular weight excluding hydrogens is 362 g/mol. The molecule has 0 aliphatic heterocycles. The summed E-state index contributed by atoms with van der Waals surface area (Å²) in [5.74, 6) is -0.686. The molecule has 27 heavy (non-hydrogen) atoms. The summed E-state index contributed by atoms with van der Waals surface area (Å²) < 4.78 is 28.2. The zero-order valence-electron chi connectivity index (χ0n) is 15.5. The molecular formula is C22H22F2N2S. The Hall–Kier alpha value is -2.40.